The first-order valence-electron chi connectivity index (χ1n) is 8.48. The Morgan fingerprint density at radius 1 is 1.00 bits per heavy atom. The Bertz CT molecular complexity index is 803. The van der Waals surface area contributed by atoms with Gasteiger partial charge < -0.3 is 14.8 Å². The monoisotopic (exact) mass is 390 g/mol. The molecule has 7 heteroatoms. The first-order valence-corrected chi connectivity index (χ1v) is 9.01. The van der Waals surface area contributed by atoms with Gasteiger partial charge in [-0.05, 0) is 51.1 Å². The summed E-state index contributed by atoms with van der Waals surface area (Å²) >= 11 is 5.61. The largest absolute Gasteiger partial charge is 0.492 e. The van der Waals surface area contributed by atoms with E-state index in [4.69, 9.17) is 21.1 Å². The molecule has 2 aromatic rings. The Labute approximate surface area is 163 Å². The van der Waals surface area contributed by atoms with Crippen LogP contribution >= 0.6 is 11.6 Å². The van der Waals surface area contributed by atoms with Crippen molar-refractivity contribution in [2.24, 2.45) is 0 Å². The lowest BCUT2D eigenvalue weighted by Crippen LogP contribution is -2.27. The number of carbonyl (C=O) groups is 2. The highest BCUT2D eigenvalue weighted by atomic mass is 35.5. The van der Waals surface area contributed by atoms with Crippen LogP contribution in [0.3, 0.4) is 0 Å². The van der Waals surface area contributed by atoms with Crippen LogP contribution in [0.5, 0.6) is 5.75 Å². The standard InChI is InChI=1S/C20H23ClN2O4/c1-20(2,3)27-19(25)23-17-10-5-4-9-16(17)22-18(24)14-7-6-8-15(13-14)26-12-11-21/h4-10,13H,11-12H2,1-3H3,(H,22,24)(H,23,25). The second-order valence-corrected chi connectivity index (χ2v) is 7.07. The summed E-state index contributed by atoms with van der Waals surface area (Å²) in [6.45, 7) is 5.69. The third-order valence-electron chi connectivity index (χ3n) is 3.25. The molecule has 0 saturated heterocycles. The van der Waals surface area contributed by atoms with Crippen LogP contribution < -0.4 is 15.4 Å². The number of anilines is 2. The maximum Gasteiger partial charge on any atom is 0.412 e. The van der Waals surface area contributed by atoms with E-state index in [0.717, 1.165) is 0 Å². The fraction of sp³-hybridized carbons (Fsp3) is 0.300. The molecule has 0 heterocycles. The van der Waals surface area contributed by atoms with Crippen molar-refractivity contribution in [2.75, 3.05) is 23.1 Å². The van der Waals surface area contributed by atoms with E-state index in [1.165, 1.54) is 0 Å². The maximum absolute atomic E-state index is 12.6. The predicted octanol–water partition coefficient (Wildman–Crippen LogP) is 4.90. The highest BCUT2D eigenvalue weighted by Crippen LogP contribution is 2.23. The van der Waals surface area contributed by atoms with Gasteiger partial charge in [0.15, 0.2) is 0 Å². The highest BCUT2D eigenvalue weighted by Gasteiger charge is 2.18. The van der Waals surface area contributed by atoms with Crippen molar-refractivity contribution in [3.63, 3.8) is 0 Å². The highest BCUT2D eigenvalue weighted by molar-refractivity contribution is 6.18. The van der Waals surface area contributed by atoms with Gasteiger partial charge in [0, 0.05) is 5.56 Å². The molecule has 0 radical (unpaired) electrons. The summed E-state index contributed by atoms with van der Waals surface area (Å²) in [6.07, 6.45) is -0.597. The number of hydrogen-bond donors (Lipinski definition) is 2. The molecule has 0 unspecified atom stereocenters. The Balaban J connectivity index is 2.11. The molecular formula is C20H23ClN2O4. The first kappa shape index (κ1) is 20.6. The van der Waals surface area contributed by atoms with E-state index in [1.807, 2.05) is 0 Å². The summed E-state index contributed by atoms with van der Waals surface area (Å²) < 4.78 is 10.7. The molecule has 0 fully saturated rings. The lowest BCUT2D eigenvalue weighted by atomic mass is 10.2. The number of amides is 2. The minimum Gasteiger partial charge on any atom is -0.492 e. The quantitative estimate of drug-likeness (QED) is 0.687. The number of ether oxygens (including phenoxy) is 2. The van der Waals surface area contributed by atoms with Gasteiger partial charge >= 0.3 is 6.09 Å². The second-order valence-electron chi connectivity index (χ2n) is 6.69. The molecule has 6 nitrogen and oxygen atoms in total. The second kappa shape index (κ2) is 9.28. The zero-order chi connectivity index (χ0) is 19.9. The first-order chi connectivity index (χ1) is 12.8. The number of nitrogens with one attached hydrogen (secondary N) is 2. The number of rotatable bonds is 6. The Kier molecular flexibility index (Phi) is 7.07. The molecule has 2 amide bonds. The molecule has 27 heavy (non-hydrogen) atoms. The van der Waals surface area contributed by atoms with Gasteiger partial charge in [-0.3, -0.25) is 10.1 Å². The van der Waals surface area contributed by atoms with Crippen molar-refractivity contribution in [3.05, 3.63) is 54.1 Å². The number of carbonyl (C=O) groups excluding carboxylic acids is 2. The number of benzene rings is 2. The summed E-state index contributed by atoms with van der Waals surface area (Å²) in [4.78, 5) is 24.6. The van der Waals surface area contributed by atoms with Gasteiger partial charge in [0.05, 0.1) is 17.3 Å². The third-order valence-corrected chi connectivity index (χ3v) is 3.41. The van der Waals surface area contributed by atoms with Crippen LogP contribution in [0.2, 0.25) is 0 Å². The summed E-state index contributed by atoms with van der Waals surface area (Å²) in [5.74, 6) is 0.591. The summed E-state index contributed by atoms with van der Waals surface area (Å²) in [5, 5.41) is 5.44. The van der Waals surface area contributed by atoms with Gasteiger partial charge in [0.1, 0.15) is 18.0 Å². The predicted molar refractivity (Wildman–Crippen MR) is 107 cm³/mol. The van der Waals surface area contributed by atoms with Crippen molar-refractivity contribution < 1.29 is 19.1 Å². The lowest BCUT2D eigenvalue weighted by molar-refractivity contribution is 0.0635. The number of hydrogen-bond acceptors (Lipinski definition) is 4. The van der Waals surface area contributed by atoms with E-state index in [2.05, 4.69) is 10.6 Å². The van der Waals surface area contributed by atoms with Gasteiger partial charge in [0.2, 0.25) is 0 Å². The van der Waals surface area contributed by atoms with Crippen LogP contribution in [-0.4, -0.2) is 30.1 Å². The number of para-hydroxylation sites is 2. The zero-order valence-electron chi connectivity index (χ0n) is 15.5. The van der Waals surface area contributed by atoms with Gasteiger partial charge in [-0.15, -0.1) is 11.6 Å². The molecule has 144 valence electrons. The van der Waals surface area contributed by atoms with E-state index in [0.29, 0.717) is 35.2 Å². The molecule has 0 saturated carbocycles. The molecule has 2 rings (SSSR count). The van der Waals surface area contributed by atoms with E-state index < -0.39 is 11.7 Å². The minimum atomic E-state index is -0.619. The molecule has 2 N–H and O–H groups in total. The molecule has 0 aliphatic rings. The number of alkyl halides is 1. The van der Waals surface area contributed by atoms with E-state index in [-0.39, 0.29) is 5.91 Å². The van der Waals surface area contributed by atoms with Crippen LogP contribution in [-0.2, 0) is 4.74 Å². The average Bonchev–Trinajstić information content (AvgIpc) is 2.60. The molecule has 0 atom stereocenters. The summed E-state index contributed by atoms with van der Waals surface area (Å²) in [6, 6.07) is 13.7. The fourth-order valence-corrected chi connectivity index (χ4v) is 2.27. The fourth-order valence-electron chi connectivity index (χ4n) is 2.19. The normalized spacial score (nSPS) is 10.8. The van der Waals surface area contributed by atoms with Crippen molar-refractivity contribution in [1.82, 2.24) is 0 Å². The van der Waals surface area contributed by atoms with Crippen molar-refractivity contribution in [1.29, 1.82) is 0 Å². The van der Waals surface area contributed by atoms with Crippen LogP contribution in [0.4, 0.5) is 16.2 Å². The van der Waals surface area contributed by atoms with Gasteiger partial charge in [-0.1, -0.05) is 18.2 Å². The van der Waals surface area contributed by atoms with Crippen LogP contribution in [0, 0.1) is 0 Å². The molecule has 0 bridgehead atoms. The third kappa shape index (κ3) is 6.83. The molecule has 2 aromatic carbocycles. The molecule has 0 spiro atoms. The van der Waals surface area contributed by atoms with Crippen LogP contribution in [0.15, 0.2) is 48.5 Å². The van der Waals surface area contributed by atoms with Gasteiger partial charge in [0.25, 0.3) is 5.91 Å². The van der Waals surface area contributed by atoms with Crippen molar-refractivity contribution in [3.8, 4) is 5.75 Å². The summed E-state index contributed by atoms with van der Waals surface area (Å²) in [5.41, 5.74) is 0.704. The van der Waals surface area contributed by atoms with Crippen LogP contribution in [0.25, 0.3) is 0 Å². The van der Waals surface area contributed by atoms with Crippen molar-refractivity contribution >= 4 is 35.0 Å². The molecule has 0 aliphatic carbocycles. The molecular weight excluding hydrogens is 368 g/mol. The maximum atomic E-state index is 12.6. The Morgan fingerprint density at radius 2 is 1.67 bits per heavy atom. The summed E-state index contributed by atoms with van der Waals surface area (Å²) in [7, 11) is 0. The zero-order valence-corrected chi connectivity index (χ0v) is 16.3. The van der Waals surface area contributed by atoms with Gasteiger partial charge in [-0.2, -0.15) is 0 Å². The molecule has 0 aliphatic heterocycles. The van der Waals surface area contributed by atoms with E-state index in [9.17, 15) is 9.59 Å². The lowest BCUT2D eigenvalue weighted by Gasteiger charge is -2.20. The van der Waals surface area contributed by atoms with Crippen LogP contribution in [0.1, 0.15) is 31.1 Å². The van der Waals surface area contributed by atoms with Crippen molar-refractivity contribution in [2.45, 2.75) is 26.4 Å². The topological polar surface area (TPSA) is 76.7 Å². The Morgan fingerprint density at radius 3 is 2.30 bits per heavy atom. The van der Waals surface area contributed by atoms with E-state index >= 15 is 0 Å². The SMILES string of the molecule is CC(C)(C)OC(=O)Nc1ccccc1NC(=O)c1cccc(OCCCl)c1. The van der Waals surface area contributed by atoms with E-state index in [1.54, 1.807) is 69.3 Å². The van der Waals surface area contributed by atoms with Gasteiger partial charge in [-0.25, -0.2) is 4.79 Å². The smallest absolute Gasteiger partial charge is 0.412 e. The molecule has 0 aromatic heterocycles. The Hall–Kier alpha value is -2.73. The number of halogens is 1. The average molecular weight is 391 g/mol. The minimum absolute atomic E-state index is 0.329.